The molecule has 0 aromatic carbocycles. The van der Waals surface area contributed by atoms with Crippen molar-refractivity contribution in [3.05, 3.63) is 36.3 Å². The number of rotatable bonds is 4. The van der Waals surface area contributed by atoms with Gasteiger partial charge in [-0.1, -0.05) is 19.4 Å². The van der Waals surface area contributed by atoms with Gasteiger partial charge in [0.1, 0.15) is 5.65 Å². The van der Waals surface area contributed by atoms with Crippen LogP contribution in [0.5, 0.6) is 0 Å². The van der Waals surface area contributed by atoms with Gasteiger partial charge in [0.05, 0.1) is 5.69 Å². The van der Waals surface area contributed by atoms with E-state index in [4.69, 9.17) is 0 Å². The first kappa shape index (κ1) is 11.7. The van der Waals surface area contributed by atoms with Gasteiger partial charge in [-0.2, -0.15) is 0 Å². The third-order valence-corrected chi connectivity index (χ3v) is 3.96. The summed E-state index contributed by atoms with van der Waals surface area (Å²) in [7, 11) is 0. The molecular weight excluding hydrogens is 222 g/mol. The van der Waals surface area contributed by atoms with Gasteiger partial charge < -0.3 is 9.72 Å². The number of hydrogen-bond acceptors (Lipinski definition) is 2. The van der Waals surface area contributed by atoms with Crippen LogP contribution in [0.4, 0.5) is 0 Å². The van der Waals surface area contributed by atoms with Gasteiger partial charge in [-0.25, -0.2) is 4.98 Å². The number of imidazole rings is 1. The average Bonchev–Trinajstić information content (AvgIpc) is 2.95. The number of pyridine rings is 1. The fraction of sp³-hybridized carbons (Fsp3) is 0.533. The van der Waals surface area contributed by atoms with Gasteiger partial charge in [-0.15, -0.1) is 0 Å². The van der Waals surface area contributed by atoms with Crippen molar-refractivity contribution in [1.29, 1.82) is 0 Å². The molecular formula is C15H21N3. The zero-order valence-corrected chi connectivity index (χ0v) is 11.0. The highest BCUT2D eigenvalue weighted by Gasteiger charge is 2.20. The second-order valence-electron chi connectivity index (χ2n) is 5.61. The SMILES string of the molecule is CC1CCC(CNCc2cn3ccccc3n2)C1. The van der Waals surface area contributed by atoms with Crippen LogP contribution < -0.4 is 5.32 Å². The van der Waals surface area contributed by atoms with E-state index < -0.39 is 0 Å². The van der Waals surface area contributed by atoms with Gasteiger partial charge in [0.2, 0.25) is 0 Å². The Morgan fingerprint density at radius 1 is 1.39 bits per heavy atom. The summed E-state index contributed by atoms with van der Waals surface area (Å²) in [6.45, 7) is 4.38. The minimum atomic E-state index is 0.872. The maximum Gasteiger partial charge on any atom is 0.137 e. The maximum atomic E-state index is 4.59. The molecule has 0 saturated heterocycles. The van der Waals surface area contributed by atoms with Crippen molar-refractivity contribution in [3.8, 4) is 0 Å². The Morgan fingerprint density at radius 3 is 3.11 bits per heavy atom. The van der Waals surface area contributed by atoms with Crippen molar-refractivity contribution in [2.45, 2.75) is 32.7 Å². The highest BCUT2D eigenvalue weighted by atomic mass is 15.0. The molecule has 1 aliphatic carbocycles. The Labute approximate surface area is 108 Å². The van der Waals surface area contributed by atoms with E-state index in [0.717, 1.165) is 36.3 Å². The molecule has 0 amide bonds. The molecule has 0 aliphatic heterocycles. The average molecular weight is 243 g/mol. The Balaban J connectivity index is 1.53. The molecule has 2 aromatic heterocycles. The molecule has 3 nitrogen and oxygen atoms in total. The van der Waals surface area contributed by atoms with Crippen LogP contribution in [0.2, 0.25) is 0 Å². The van der Waals surface area contributed by atoms with E-state index in [9.17, 15) is 0 Å². The van der Waals surface area contributed by atoms with Crippen LogP contribution in [-0.2, 0) is 6.54 Å². The lowest BCUT2D eigenvalue weighted by molar-refractivity contribution is 0.469. The zero-order valence-electron chi connectivity index (χ0n) is 11.0. The molecule has 2 aromatic rings. The van der Waals surface area contributed by atoms with Crippen molar-refractivity contribution in [2.24, 2.45) is 11.8 Å². The van der Waals surface area contributed by atoms with Crippen LogP contribution in [0, 0.1) is 11.8 Å². The summed E-state index contributed by atoms with van der Waals surface area (Å²) >= 11 is 0. The third kappa shape index (κ3) is 2.56. The first-order valence-electron chi connectivity index (χ1n) is 6.94. The summed E-state index contributed by atoms with van der Waals surface area (Å²) in [6, 6.07) is 6.10. The molecule has 0 spiro atoms. The second-order valence-corrected chi connectivity index (χ2v) is 5.61. The molecule has 18 heavy (non-hydrogen) atoms. The number of hydrogen-bond donors (Lipinski definition) is 1. The van der Waals surface area contributed by atoms with Crippen molar-refractivity contribution in [3.63, 3.8) is 0 Å². The van der Waals surface area contributed by atoms with Gasteiger partial charge in [0, 0.05) is 18.9 Å². The van der Waals surface area contributed by atoms with Crippen LogP contribution in [-0.4, -0.2) is 15.9 Å². The Kier molecular flexibility index (Phi) is 3.33. The van der Waals surface area contributed by atoms with E-state index in [1.165, 1.54) is 19.3 Å². The quantitative estimate of drug-likeness (QED) is 0.894. The maximum absolute atomic E-state index is 4.59. The number of aromatic nitrogens is 2. The fourth-order valence-corrected chi connectivity index (χ4v) is 2.99. The predicted octanol–water partition coefficient (Wildman–Crippen LogP) is 2.86. The van der Waals surface area contributed by atoms with Crippen LogP contribution in [0.25, 0.3) is 5.65 Å². The Bertz CT molecular complexity index is 484. The van der Waals surface area contributed by atoms with E-state index in [1.807, 2.05) is 24.4 Å². The lowest BCUT2D eigenvalue weighted by Gasteiger charge is -2.09. The first-order valence-corrected chi connectivity index (χ1v) is 6.94. The predicted molar refractivity (Wildman–Crippen MR) is 73.4 cm³/mol. The van der Waals surface area contributed by atoms with Crippen LogP contribution in [0.15, 0.2) is 30.6 Å². The van der Waals surface area contributed by atoms with E-state index in [1.54, 1.807) is 0 Å². The monoisotopic (exact) mass is 243 g/mol. The normalized spacial score (nSPS) is 23.8. The number of fused-ring (bicyclic) bond motifs is 1. The molecule has 2 unspecified atom stereocenters. The van der Waals surface area contributed by atoms with Gasteiger partial charge in [-0.3, -0.25) is 0 Å². The fourth-order valence-electron chi connectivity index (χ4n) is 2.99. The van der Waals surface area contributed by atoms with Crippen LogP contribution >= 0.6 is 0 Å². The Hall–Kier alpha value is -1.35. The molecule has 3 rings (SSSR count). The molecule has 0 bridgehead atoms. The molecule has 96 valence electrons. The van der Waals surface area contributed by atoms with Gasteiger partial charge in [0.25, 0.3) is 0 Å². The summed E-state index contributed by atoms with van der Waals surface area (Å²) < 4.78 is 2.08. The summed E-state index contributed by atoms with van der Waals surface area (Å²) in [5.74, 6) is 1.80. The summed E-state index contributed by atoms with van der Waals surface area (Å²) in [5.41, 5.74) is 2.16. The van der Waals surface area contributed by atoms with Crippen molar-refractivity contribution >= 4 is 5.65 Å². The molecule has 0 radical (unpaired) electrons. The third-order valence-electron chi connectivity index (χ3n) is 3.96. The largest absolute Gasteiger partial charge is 0.311 e. The van der Waals surface area contributed by atoms with Crippen molar-refractivity contribution in [2.75, 3.05) is 6.54 Å². The minimum Gasteiger partial charge on any atom is -0.311 e. The van der Waals surface area contributed by atoms with Crippen LogP contribution in [0.3, 0.4) is 0 Å². The standard InChI is InChI=1S/C15H21N3/c1-12-5-6-13(8-12)9-16-10-14-11-18-7-3-2-4-15(18)17-14/h2-4,7,11-13,16H,5-6,8-10H2,1H3. The van der Waals surface area contributed by atoms with E-state index >= 15 is 0 Å². The minimum absolute atomic E-state index is 0.872. The molecule has 3 heteroatoms. The topological polar surface area (TPSA) is 29.3 Å². The smallest absolute Gasteiger partial charge is 0.137 e. The Morgan fingerprint density at radius 2 is 2.33 bits per heavy atom. The molecule has 1 fully saturated rings. The molecule has 1 saturated carbocycles. The number of nitrogens with zero attached hydrogens (tertiary/aromatic N) is 2. The second kappa shape index (κ2) is 5.11. The van der Waals surface area contributed by atoms with E-state index in [2.05, 4.69) is 27.8 Å². The van der Waals surface area contributed by atoms with Crippen LogP contribution in [0.1, 0.15) is 31.9 Å². The van der Waals surface area contributed by atoms with Crippen molar-refractivity contribution in [1.82, 2.24) is 14.7 Å². The van der Waals surface area contributed by atoms with Gasteiger partial charge in [-0.05, 0) is 43.4 Å². The first-order chi connectivity index (χ1) is 8.81. The van der Waals surface area contributed by atoms with E-state index in [0.29, 0.717) is 0 Å². The lowest BCUT2D eigenvalue weighted by Crippen LogP contribution is -2.21. The van der Waals surface area contributed by atoms with Crippen molar-refractivity contribution < 1.29 is 0 Å². The molecule has 1 aliphatic rings. The van der Waals surface area contributed by atoms with E-state index in [-0.39, 0.29) is 0 Å². The van der Waals surface area contributed by atoms with Gasteiger partial charge >= 0.3 is 0 Å². The van der Waals surface area contributed by atoms with Gasteiger partial charge in [0.15, 0.2) is 0 Å². The highest BCUT2D eigenvalue weighted by molar-refractivity contribution is 5.39. The highest BCUT2D eigenvalue weighted by Crippen LogP contribution is 2.29. The molecule has 1 N–H and O–H groups in total. The molecule has 2 heterocycles. The number of nitrogens with one attached hydrogen (secondary N) is 1. The molecule has 2 atom stereocenters. The summed E-state index contributed by atoms with van der Waals surface area (Å²) in [4.78, 5) is 4.59. The lowest BCUT2D eigenvalue weighted by atomic mass is 10.1. The summed E-state index contributed by atoms with van der Waals surface area (Å²) in [5, 5.41) is 3.55. The zero-order chi connectivity index (χ0) is 12.4. The summed E-state index contributed by atoms with van der Waals surface area (Å²) in [6.07, 6.45) is 8.34.